The standard InChI is InChI=1S/C20H24O6/c1-20(2,19(23)25-4)17-10-14(11-18(22)24-3)15(21)12-16(26-17)13-8-6-5-7-9-13/h5-9,11,16-17H,10,12H2,1-4H3/b14-11+/t16-,17-/m1/s1. The average molecular weight is 360 g/mol. The second-order valence-corrected chi connectivity index (χ2v) is 6.76. The molecule has 6 nitrogen and oxygen atoms in total. The van der Waals surface area contributed by atoms with Crippen LogP contribution in [-0.4, -0.2) is 38.0 Å². The summed E-state index contributed by atoms with van der Waals surface area (Å²) in [7, 11) is 2.56. The van der Waals surface area contributed by atoms with E-state index >= 15 is 0 Å². The lowest BCUT2D eigenvalue weighted by Gasteiger charge is -2.33. The summed E-state index contributed by atoms with van der Waals surface area (Å²) in [5.41, 5.74) is 0.129. The number of hydrogen-bond donors (Lipinski definition) is 0. The van der Waals surface area contributed by atoms with E-state index in [9.17, 15) is 14.4 Å². The van der Waals surface area contributed by atoms with Gasteiger partial charge in [-0.3, -0.25) is 9.59 Å². The largest absolute Gasteiger partial charge is 0.469 e. The molecule has 0 amide bonds. The molecule has 1 aliphatic heterocycles. The van der Waals surface area contributed by atoms with Crippen LogP contribution in [0.2, 0.25) is 0 Å². The molecular weight excluding hydrogens is 336 g/mol. The molecule has 0 bridgehead atoms. The van der Waals surface area contributed by atoms with Crippen LogP contribution in [0.1, 0.15) is 38.4 Å². The Bertz CT molecular complexity index is 704. The predicted octanol–water partition coefficient (Wildman–Crippen LogP) is 2.77. The topological polar surface area (TPSA) is 78.9 Å². The Kier molecular flexibility index (Phi) is 6.32. The van der Waals surface area contributed by atoms with Crippen LogP contribution in [0, 0.1) is 5.41 Å². The quantitative estimate of drug-likeness (QED) is 0.607. The number of ketones is 1. The molecule has 0 saturated carbocycles. The summed E-state index contributed by atoms with van der Waals surface area (Å²) >= 11 is 0. The van der Waals surface area contributed by atoms with Crippen molar-refractivity contribution in [1.82, 2.24) is 0 Å². The third-order valence-corrected chi connectivity index (χ3v) is 4.64. The van der Waals surface area contributed by atoms with Gasteiger partial charge in [0.1, 0.15) is 0 Å². The van der Waals surface area contributed by atoms with Crippen LogP contribution in [0.3, 0.4) is 0 Å². The molecule has 1 aromatic carbocycles. The molecule has 26 heavy (non-hydrogen) atoms. The van der Waals surface area contributed by atoms with E-state index in [0.29, 0.717) is 0 Å². The van der Waals surface area contributed by atoms with E-state index < -0.39 is 29.6 Å². The molecule has 0 unspecified atom stereocenters. The van der Waals surface area contributed by atoms with E-state index in [2.05, 4.69) is 4.74 Å². The lowest BCUT2D eigenvalue weighted by Crippen LogP contribution is -2.40. The second-order valence-electron chi connectivity index (χ2n) is 6.76. The highest BCUT2D eigenvalue weighted by molar-refractivity contribution is 6.01. The number of benzene rings is 1. The first-order valence-corrected chi connectivity index (χ1v) is 8.40. The van der Waals surface area contributed by atoms with Gasteiger partial charge in [0, 0.05) is 24.5 Å². The van der Waals surface area contributed by atoms with Crippen LogP contribution in [-0.2, 0) is 28.6 Å². The number of hydrogen-bond acceptors (Lipinski definition) is 6. The first kappa shape index (κ1) is 19.8. The molecule has 1 saturated heterocycles. The predicted molar refractivity (Wildman–Crippen MR) is 94.2 cm³/mol. The lowest BCUT2D eigenvalue weighted by molar-refractivity contribution is -0.163. The van der Waals surface area contributed by atoms with Crippen molar-refractivity contribution in [3.05, 3.63) is 47.5 Å². The highest BCUT2D eigenvalue weighted by Gasteiger charge is 2.43. The number of esters is 2. The molecule has 2 rings (SSSR count). The minimum absolute atomic E-state index is 0.0839. The van der Waals surface area contributed by atoms with Crippen molar-refractivity contribution in [2.24, 2.45) is 5.41 Å². The first-order chi connectivity index (χ1) is 12.3. The lowest BCUT2D eigenvalue weighted by atomic mass is 9.82. The number of rotatable bonds is 4. The summed E-state index contributed by atoms with van der Waals surface area (Å²) in [5.74, 6) is -1.25. The van der Waals surface area contributed by atoms with Gasteiger partial charge >= 0.3 is 11.9 Å². The van der Waals surface area contributed by atoms with Crippen molar-refractivity contribution in [3.63, 3.8) is 0 Å². The van der Waals surface area contributed by atoms with E-state index in [1.807, 2.05) is 30.3 Å². The van der Waals surface area contributed by atoms with E-state index in [1.54, 1.807) is 13.8 Å². The fourth-order valence-electron chi connectivity index (χ4n) is 2.93. The summed E-state index contributed by atoms with van der Waals surface area (Å²) < 4.78 is 15.7. The Balaban J connectivity index is 2.44. The van der Waals surface area contributed by atoms with Crippen LogP contribution < -0.4 is 0 Å². The van der Waals surface area contributed by atoms with Gasteiger partial charge in [-0.15, -0.1) is 0 Å². The van der Waals surface area contributed by atoms with Gasteiger partial charge in [0.15, 0.2) is 5.78 Å². The molecule has 1 aromatic rings. The van der Waals surface area contributed by atoms with E-state index in [-0.39, 0.29) is 24.2 Å². The summed E-state index contributed by atoms with van der Waals surface area (Å²) in [4.78, 5) is 36.6. The van der Waals surface area contributed by atoms with Crippen molar-refractivity contribution in [3.8, 4) is 0 Å². The van der Waals surface area contributed by atoms with Gasteiger partial charge in [0.2, 0.25) is 0 Å². The van der Waals surface area contributed by atoms with Crippen molar-refractivity contribution in [2.45, 2.75) is 38.9 Å². The molecule has 140 valence electrons. The Hall–Kier alpha value is -2.47. The highest BCUT2D eigenvalue weighted by atomic mass is 16.5. The smallest absolute Gasteiger partial charge is 0.330 e. The highest BCUT2D eigenvalue weighted by Crippen LogP contribution is 2.38. The Labute approximate surface area is 153 Å². The molecule has 0 aromatic heterocycles. The van der Waals surface area contributed by atoms with Gasteiger partial charge in [0.25, 0.3) is 0 Å². The molecular formula is C20H24O6. The first-order valence-electron chi connectivity index (χ1n) is 8.40. The van der Waals surface area contributed by atoms with Crippen LogP contribution >= 0.6 is 0 Å². The Morgan fingerprint density at radius 1 is 1.12 bits per heavy atom. The fraction of sp³-hybridized carbons (Fsp3) is 0.450. The maximum absolute atomic E-state index is 12.7. The number of Topliss-reactive ketones (excluding diaryl/α,β-unsaturated/α-hetero) is 1. The third-order valence-electron chi connectivity index (χ3n) is 4.64. The molecule has 2 atom stereocenters. The third kappa shape index (κ3) is 4.38. The van der Waals surface area contributed by atoms with Crippen molar-refractivity contribution < 1.29 is 28.6 Å². The van der Waals surface area contributed by atoms with Gasteiger partial charge < -0.3 is 14.2 Å². The minimum Gasteiger partial charge on any atom is -0.469 e. The number of methoxy groups -OCH3 is 2. The molecule has 0 spiro atoms. The van der Waals surface area contributed by atoms with Crippen LogP contribution in [0.4, 0.5) is 0 Å². The van der Waals surface area contributed by atoms with Gasteiger partial charge in [0.05, 0.1) is 31.8 Å². The molecule has 0 aliphatic carbocycles. The molecule has 1 heterocycles. The zero-order valence-electron chi connectivity index (χ0n) is 15.5. The van der Waals surface area contributed by atoms with Crippen molar-refractivity contribution in [1.29, 1.82) is 0 Å². The van der Waals surface area contributed by atoms with Crippen LogP contribution in [0.15, 0.2) is 42.0 Å². The number of carbonyl (C=O) groups excluding carboxylic acids is 3. The Morgan fingerprint density at radius 2 is 1.77 bits per heavy atom. The zero-order chi connectivity index (χ0) is 19.3. The van der Waals surface area contributed by atoms with E-state index in [0.717, 1.165) is 5.56 Å². The maximum atomic E-state index is 12.7. The van der Waals surface area contributed by atoms with Crippen molar-refractivity contribution >= 4 is 17.7 Å². The molecule has 6 heteroatoms. The second kappa shape index (κ2) is 8.27. The Morgan fingerprint density at radius 3 is 2.35 bits per heavy atom. The molecule has 1 aliphatic rings. The SMILES string of the molecule is COC(=O)/C=C1\C[C@H](C(C)(C)C(=O)OC)O[C@@H](c2ccccc2)CC1=O. The van der Waals surface area contributed by atoms with Gasteiger partial charge in [-0.2, -0.15) is 0 Å². The van der Waals surface area contributed by atoms with Gasteiger partial charge in [-0.05, 0) is 19.4 Å². The normalized spacial score (nSPS) is 22.6. The van der Waals surface area contributed by atoms with E-state index in [4.69, 9.17) is 9.47 Å². The fourth-order valence-corrected chi connectivity index (χ4v) is 2.93. The molecule has 0 N–H and O–H groups in total. The average Bonchev–Trinajstić information content (AvgIpc) is 2.81. The summed E-state index contributed by atoms with van der Waals surface area (Å²) in [6.07, 6.45) is 0.239. The number of carbonyl (C=O) groups is 3. The number of ether oxygens (including phenoxy) is 3. The minimum atomic E-state index is -0.998. The summed E-state index contributed by atoms with van der Waals surface area (Å²) in [6.45, 7) is 3.41. The summed E-state index contributed by atoms with van der Waals surface area (Å²) in [5, 5.41) is 0. The zero-order valence-corrected chi connectivity index (χ0v) is 15.5. The molecule has 1 fully saturated rings. The van der Waals surface area contributed by atoms with Gasteiger partial charge in [-0.1, -0.05) is 30.3 Å². The monoisotopic (exact) mass is 360 g/mol. The van der Waals surface area contributed by atoms with Crippen molar-refractivity contribution in [2.75, 3.05) is 14.2 Å². The van der Waals surface area contributed by atoms with Crippen LogP contribution in [0.5, 0.6) is 0 Å². The van der Waals surface area contributed by atoms with Crippen LogP contribution in [0.25, 0.3) is 0 Å². The maximum Gasteiger partial charge on any atom is 0.330 e. The van der Waals surface area contributed by atoms with E-state index in [1.165, 1.54) is 20.3 Å². The summed E-state index contributed by atoms with van der Waals surface area (Å²) in [6, 6.07) is 9.34. The molecule has 0 radical (unpaired) electrons. The van der Waals surface area contributed by atoms with Gasteiger partial charge in [-0.25, -0.2) is 4.79 Å².